The van der Waals surface area contributed by atoms with Crippen LogP contribution in [0.3, 0.4) is 0 Å². The lowest BCUT2D eigenvalue weighted by molar-refractivity contribution is 0.452. The largest absolute Gasteiger partial charge is 0.316 e. The maximum Gasteiger partial charge on any atom is 0.123 e. The molecule has 1 aromatic rings. The summed E-state index contributed by atoms with van der Waals surface area (Å²) < 4.78 is 14.2. The van der Waals surface area contributed by atoms with E-state index in [2.05, 4.69) is 21.2 Å². The first kappa shape index (κ1) is 12.4. The van der Waals surface area contributed by atoms with Crippen LogP contribution < -0.4 is 5.32 Å². The molecule has 1 saturated heterocycles. The second kappa shape index (κ2) is 5.52. The predicted molar refractivity (Wildman–Crippen MR) is 71.5 cm³/mol. The smallest absolute Gasteiger partial charge is 0.123 e. The van der Waals surface area contributed by atoms with Crippen LogP contribution in [0.25, 0.3) is 0 Å². The van der Waals surface area contributed by atoms with Crippen LogP contribution in [0.2, 0.25) is 0 Å². The lowest BCUT2D eigenvalue weighted by Crippen LogP contribution is -2.33. The van der Waals surface area contributed by atoms with Gasteiger partial charge in [0.25, 0.3) is 0 Å². The van der Waals surface area contributed by atoms with Crippen molar-refractivity contribution in [3.05, 3.63) is 34.1 Å². The highest BCUT2D eigenvalue weighted by Crippen LogP contribution is 2.29. The van der Waals surface area contributed by atoms with Gasteiger partial charge in [-0.15, -0.1) is 0 Å². The molecule has 0 aliphatic carbocycles. The molecule has 0 amide bonds. The molecular formula is C12H15BrFNS. The van der Waals surface area contributed by atoms with E-state index in [4.69, 9.17) is 0 Å². The first-order chi connectivity index (χ1) is 7.70. The van der Waals surface area contributed by atoms with Gasteiger partial charge in [-0.1, -0.05) is 15.9 Å². The van der Waals surface area contributed by atoms with Crippen LogP contribution in [-0.2, 0) is 6.42 Å². The van der Waals surface area contributed by atoms with Gasteiger partial charge < -0.3 is 5.32 Å². The van der Waals surface area contributed by atoms with Crippen LogP contribution in [0.4, 0.5) is 4.39 Å². The second-order valence-corrected chi connectivity index (χ2v) is 6.06. The summed E-state index contributed by atoms with van der Waals surface area (Å²) in [4.78, 5) is 0. The van der Waals surface area contributed by atoms with E-state index in [0.717, 1.165) is 28.0 Å². The fourth-order valence-corrected chi connectivity index (χ4v) is 3.99. The highest BCUT2D eigenvalue weighted by atomic mass is 79.9. The Labute approximate surface area is 108 Å². The Balaban J connectivity index is 2.11. The average Bonchev–Trinajstić information content (AvgIpc) is 2.71. The molecule has 0 aromatic heterocycles. The van der Waals surface area contributed by atoms with Gasteiger partial charge in [-0.25, -0.2) is 4.39 Å². The number of hydrogen-bond donors (Lipinski definition) is 1. The maximum atomic E-state index is 13.2. The zero-order chi connectivity index (χ0) is 11.5. The summed E-state index contributed by atoms with van der Waals surface area (Å²) in [7, 11) is 2.00. The van der Waals surface area contributed by atoms with Crippen molar-refractivity contribution in [2.45, 2.75) is 12.5 Å². The van der Waals surface area contributed by atoms with Gasteiger partial charge in [-0.2, -0.15) is 11.8 Å². The van der Waals surface area contributed by atoms with Gasteiger partial charge in [-0.05, 0) is 48.9 Å². The first-order valence-corrected chi connectivity index (χ1v) is 7.34. The van der Waals surface area contributed by atoms with Crippen molar-refractivity contribution in [2.75, 3.05) is 18.6 Å². The summed E-state index contributed by atoms with van der Waals surface area (Å²) in [5, 5.41) is 3.34. The van der Waals surface area contributed by atoms with Gasteiger partial charge in [0.05, 0.1) is 0 Å². The fraction of sp³-hybridized carbons (Fsp3) is 0.500. The van der Waals surface area contributed by atoms with E-state index in [1.807, 2.05) is 18.8 Å². The molecule has 16 heavy (non-hydrogen) atoms. The molecule has 0 spiro atoms. The fourth-order valence-electron chi connectivity index (χ4n) is 2.10. The number of hydrogen-bond acceptors (Lipinski definition) is 2. The molecule has 88 valence electrons. The normalized spacial score (nSPS) is 24.9. The Morgan fingerprint density at radius 1 is 1.50 bits per heavy atom. The van der Waals surface area contributed by atoms with Crippen molar-refractivity contribution >= 4 is 27.7 Å². The van der Waals surface area contributed by atoms with Crippen LogP contribution in [0.5, 0.6) is 0 Å². The summed E-state index contributed by atoms with van der Waals surface area (Å²) in [5.74, 6) is 2.78. The van der Waals surface area contributed by atoms with Crippen molar-refractivity contribution < 1.29 is 4.39 Å². The van der Waals surface area contributed by atoms with Crippen LogP contribution in [-0.4, -0.2) is 24.6 Å². The van der Waals surface area contributed by atoms with Crippen LogP contribution in [0.15, 0.2) is 22.7 Å². The second-order valence-electron chi connectivity index (χ2n) is 4.13. The molecule has 0 saturated carbocycles. The minimum atomic E-state index is -0.148. The molecule has 0 radical (unpaired) electrons. The summed E-state index contributed by atoms with van der Waals surface area (Å²) in [6.07, 6.45) is 0.941. The molecule has 1 heterocycles. The average molecular weight is 304 g/mol. The van der Waals surface area contributed by atoms with Crippen LogP contribution >= 0.6 is 27.7 Å². The van der Waals surface area contributed by atoms with E-state index in [0.29, 0.717) is 12.0 Å². The molecule has 1 fully saturated rings. The summed E-state index contributed by atoms with van der Waals surface area (Å²) in [6, 6.07) is 5.48. The molecule has 2 rings (SSSR count). The predicted octanol–water partition coefficient (Wildman–Crippen LogP) is 3.08. The van der Waals surface area contributed by atoms with Gasteiger partial charge in [0.2, 0.25) is 0 Å². The van der Waals surface area contributed by atoms with Gasteiger partial charge in [-0.3, -0.25) is 0 Å². The number of benzene rings is 1. The molecule has 2 atom stereocenters. The minimum absolute atomic E-state index is 0.148. The van der Waals surface area contributed by atoms with Crippen molar-refractivity contribution in [3.8, 4) is 0 Å². The topological polar surface area (TPSA) is 12.0 Å². The zero-order valence-electron chi connectivity index (χ0n) is 9.17. The Bertz CT molecular complexity index is 372. The van der Waals surface area contributed by atoms with Crippen LogP contribution in [0.1, 0.15) is 5.56 Å². The lowest BCUT2D eigenvalue weighted by atomic mass is 9.95. The minimum Gasteiger partial charge on any atom is -0.316 e. The molecule has 1 aromatic carbocycles. The Hall–Kier alpha value is -0.0600. The Morgan fingerprint density at radius 3 is 3.06 bits per heavy atom. The Morgan fingerprint density at radius 2 is 2.31 bits per heavy atom. The zero-order valence-corrected chi connectivity index (χ0v) is 11.6. The maximum absolute atomic E-state index is 13.2. The van der Waals surface area contributed by atoms with Crippen molar-refractivity contribution in [1.82, 2.24) is 5.32 Å². The molecule has 1 aliphatic rings. The molecule has 0 bridgehead atoms. The quantitative estimate of drug-likeness (QED) is 0.921. The third-order valence-electron chi connectivity index (χ3n) is 3.06. The van der Waals surface area contributed by atoms with Gasteiger partial charge in [0.15, 0.2) is 0 Å². The number of halogens is 2. The van der Waals surface area contributed by atoms with Gasteiger partial charge >= 0.3 is 0 Å². The van der Waals surface area contributed by atoms with E-state index in [1.165, 1.54) is 6.07 Å². The number of thioether (sulfide) groups is 1. The third-order valence-corrected chi connectivity index (χ3v) is 5.09. The molecule has 4 heteroatoms. The standard InChI is InChI=1S/C12H15BrFNS/c1-15-12-7-16-6-9(12)4-8-5-10(14)2-3-11(8)13/h2-3,5,9,12,15H,4,6-7H2,1H3. The molecule has 1 aliphatic heterocycles. The lowest BCUT2D eigenvalue weighted by Gasteiger charge is -2.18. The molecule has 2 unspecified atom stereocenters. The first-order valence-electron chi connectivity index (χ1n) is 5.39. The van der Waals surface area contributed by atoms with Crippen molar-refractivity contribution in [2.24, 2.45) is 5.92 Å². The van der Waals surface area contributed by atoms with Crippen molar-refractivity contribution in [1.29, 1.82) is 0 Å². The van der Waals surface area contributed by atoms with E-state index in [1.54, 1.807) is 12.1 Å². The van der Waals surface area contributed by atoms with E-state index >= 15 is 0 Å². The Kier molecular flexibility index (Phi) is 4.27. The number of rotatable bonds is 3. The highest BCUT2D eigenvalue weighted by Gasteiger charge is 2.26. The summed E-state index contributed by atoms with van der Waals surface area (Å²) in [6.45, 7) is 0. The highest BCUT2D eigenvalue weighted by molar-refractivity contribution is 9.10. The van der Waals surface area contributed by atoms with Crippen LogP contribution in [0, 0.1) is 11.7 Å². The molecule has 1 nitrogen and oxygen atoms in total. The third kappa shape index (κ3) is 2.79. The molecular weight excluding hydrogens is 289 g/mol. The van der Waals surface area contributed by atoms with Gasteiger partial charge in [0, 0.05) is 16.3 Å². The summed E-state index contributed by atoms with van der Waals surface area (Å²) >= 11 is 5.46. The summed E-state index contributed by atoms with van der Waals surface area (Å²) in [5.41, 5.74) is 1.08. The van der Waals surface area contributed by atoms with E-state index < -0.39 is 0 Å². The monoisotopic (exact) mass is 303 g/mol. The van der Waals surface area contributed by atoms with E-state index in [-0.39, 0.29) is 5.82 Å². The number of nitrogens with one attached hydrogen (secondary N) is 1. The molecule has 1 N–H and O–H groups in total. The SMILES string of the molecule is CNC1CSCC1Cc1cc(F)ccc1Br. The van der Waals surface area contributed by atoms with E-state index in [9.17, 15) is 4.39 Å². The van der Waals surface area contributed by atoms with Gasteiger partial charge in [0.1, 0.15) is 5.82 Å². The van der Waals surface area contributed by atoms with Crippen molar-refractivity contribution in [3.63, 3.8) is 0 Å².